The lowest BCUT2D eigenvalue weighted by Gasteiger charge is -2.23. The summed E-state index contributed by atoms with van der Waals surface area (Å²) in [6.45, 7) is 4.18. The first-order valence-electron chi connectivity index (χ1n) is 7.14. The number of nitrogens with zero attached hydrogens (tertiary/aromatic N) is 2. The number of hydrogen-bond donors (Lipinski definition) is 1. The fourth-order valence-electron chi connectivity index (χ4n) is 3.11. The lowest BCUT2D eigenvalue weighted by molar-refractivity contribution is 0.0784. The number of benzene rings is 1. The molecular formula is C17H20N2OS. The lowest BCUT2D eigenvalue weighted by Crippen LogP contribution is -2.20. The quantitative estimate of drug-likeness (QED) is 0.841. The third-order valence-electron chi connectivity index (χ3n) is 4.60. The van der Waals surface area contributed by atoms with E-state index < -0.39 is 0 Å². The molecular weight excluding hydrogens is 280 g/mol. The van der Waals surface area contributed by atoms with Gasteiger partial charge in [-0.3, -0.25) is 4.79 Å². The van der Waals surface area contributed by atoms with Crippen molar-refractivity contribution in [3.05, 3.63) is 51.6 Å². The minimum Gasteiger partial charge on any atom is -0.348 e. The Morgan fingerprint density at radius 2 is 2.10 bits per heavy atom. The summed E-state index contributed by atoms with van der Waals surface area (Å²) >= 11 is 4.46. The summed E-state index contributed by atoms with van der Waals surface area (Å²) in [4.78, 5) is 17.2. The highest BCUT2D eigenvalue weighted by atomic mass is 32.1. The van der Waals surface area contributed by atoms with Gasteiger partial charge in [-0.15, -0.1) is 12.6 Å². The number of carbonyl (C=O) groups excluding carboxylic acids is 1. The largest absolute Gasteiger partial charge is 0.348 e. The molecule has 0 radical (unpaired) electrons. The van der Waals surface area contributed by atoms with Gasteiger partial charge >= 0.3 is 0 Å². The van der Waals surface area contributed by atoms with Crippen LogP contribution in [0.5, 0.6) is 0 Å². The first-order valence-corrected chi connectivity index (χ1v) is 7.59. The smallest absolute Gasteiger partial charge is 0.254 e. The number of rotatable bonds is 2. The Labute approximate surface area is 131 Å². The molecule has 1 heterocycles. The fourth-order valence-corrected chi connectivity index (χ4v) is 3.45. The van der Waals surface area contributed by atoms with E-state index in [1.54, 1.807) is 4.90 Å². The van der Waals surface area contributed by atoms with Crippen molar-refractivity contribution in [3.63, 3.8) is 0 Å². The van der Waals surface area contributed by atoms with Crippen molar-refractivity contribution < 1.29 is 4.79 Å². The molecule has 1 aromatic rings. The minimum absolute atomic E-state index is 0.113. The molecule has 0 spiro atoms. The Bertz CT molecular complexity index is 690. The van der Waals surface area contributed by atoms with Crippen molar-refractivity contribution >= 4 is 24.2 Å². The molecule has 0 fully saturated rings. The average Bonchev–Trinajstić information content (AvgIpc) is 2.91. The number of anilines is 1. The summed E-state index contributed by atoms with van der Waals surface area (Å²) in [5, 5.41) is 0. The van der Waals surface area contributed by atoms with Gasteiger partial charge in [-0.2, -0.15) is 0 Å². The van der Waals surface area contributed by atoms with Crippen molar-refractivity contribution in [2.75, 3.05) is 19.0 Å². The van der Waals surface area contributed by atoms with Gasteiger partial charge in [0.25, 0.3) is 5.91 Å². The highest BCUT2D eigenvalue weighted by Gasteiger charge is 2.31. The van der Waals surface area contributed by atoms with Crippen molar-refractivity contribution in [1.82, 2.24) is 4.90 Å². The number of hydrogen-bond acceptors (Lipinski definition) is 3. The van der Waals surface area contributed by atoms with Crippen LogP contribution in [0.1, 0.15) is 42.2 Å². The van der Waals surface area contributed by atoms with E-state index in [1.807, 2.05) is 19.2 Å². The molecule has 2 aliphatic rings. The molecule has 0 saturated heterocycles. The number of amides is 1. The van der Waals surface area contributed by atoms with Gasteiger partial charge in [-0.25, -0.2) is 0 Å². The maximum Gasteiger partial charge on any atom is 0.254 e. The summed E-state index contributed by atoms with van der Waals surface area (Å²) in [5.41, 5.74) is 5.58. The number of carbonyl (C=O) groups is 1. The van der Waals surface area contributed by atoms with Crippen LogP contribution < -0.4 is 4.90 Å². The van der Waals surface area contributed by atoms with Gasteiger partial charge in [-0.05, 0) is 54.2 Å². The SMILES string of the molecule is CC1=C(N(C)c2ccc3c(c2)C(C)N(C)C3=O)CC(S)=C1. The molecule has 110 valence electrons. The predicted molar refractivity (Wildman–Crippen MR) is 89.7 cm³/mol. The second-order valence-electron chi connectivity index (χ2n) is 5.86. The van der Waals surface area contributed by atoms with Gasteiger partial charge in [-0.1, -0.05) is 0 Å². The summed E-state index contributed by atoms with van der Waals surface area (Å²) in [7, 11) is 3.93. The summed E-state index contributed by atoms with van der Waals surface area (Å²) in [6, 6.07) is 6.25. The molecule has 1 unspecified atom stereocenters. The molecule has 1 atom stereocenters. The van der Waals surface area contributed by atoms with E-state index in [1.165, 1.54) is 11.3 Å². The topological polar surface area (TPSA) is 23.6 Å². The predicted octanol–water partition coefficient (Wildman–Crippen LogP) is 3.76. The normalized spacial score (nSPS) is 21.0. The molecule has 0 bridgehead atoms. The molecule has 0 aromatic heterocycles. The lowest BCUT2D eigenvalue weighted by atomic mass is 10.0. The molecule has 3 rings (SSSR count). The van der Waals surface area contributed by atoms with Crippen molar-refractivity contribution in [1.29, 1.82) is 0 Å². The maximum absolute atomic E-state index is 12.1. The van der Waals surface area contributed by atoms with E-state index in [4.69, 9.17) is 0 Å². The Morgan fingerprint density at radius 3 is 2.71 bits per heavy atom. The van der Waals surface area contributed by atoms with E-state index in [0.29, 0.717) is 0 Å². The Balaban J connectivity index is 1.96. The van der Waals surface area contributed by atoms with Crippen LogP contribution >= 0.6 is 12.6 Å². The van der Waals surface area contributed by atoms with Crippen molar-refractivity contribution in [3.8, 4) is 0 Å². The van der Waals surface area contributed by atoms with Crippen molar-refractivity contribution in [2.24, 2.45) is 0 Å². The third-order valence-corrected chi connectivity index (χ3v) is 4.88. The zero-order chi connectivity index (χ0) is 15.3. The fraction of sp³-hybridized carbons (Fsp3) is 0.353. The number of allylic oxidation sites excluding steroid dienone is 3. The molecule has 1 amide bonds. The van der Waals surface area contributed by atoms with Crippen LogP contribution in [0.15, 0.2) is 40.5 Å². The maximum atomic E-state index is 12.1. The van der Waals surface area contributed by atoms with E-state index in [0.717, 1.165) is 28.1 Å². The third kappa shape index (κ3) is 2.18. The van der Waals surface area contributed by atoms with Gasteiger partial charge in [0.15, 0.2) is 0 Å². The first-order chi connectivity index (χ1) is 9.90. The van der Waals surface area contributed by atoms with Crippen LogP contribution in [0, 0.1) is 0 Å². The Hall–Kier alpha value is -1.68. The van der Waals surface area contributed by atoms with Gasteiger partial charge in [0.1, 0.15) is 0 Å². The van der Waals surface area contributed by atoms with Gasteiger partial charge in [0.2, 0.25) is 0 Å². The second-order valence-corrected chi connectivity index (χ2v) is 6.44. The monoisotopic (exact) mass is 300 g/mol. The Kier molecular flexibility index (Phi) is 3.36. The highest BCUT2D eigenvalue weighted by molar-refractivity contribution is 7.84. The first kappa shape index (κ1) is 14.3. The summed E-state index contributed by atoms with van der Waals surface area (Å²) < 4.78 is 0. The van der Waals surface area contributed by atoms with E-state index in [9.17, 15) is 4.79 Å². The van der Waals surface area contributed by atoms with Crippen LogP contribution in [0.25, 0.3) is 0 Å². The summed E-state index contributed by atoms with van der Waals surface area (Å²) in [6.07, 6.45) is 2.99. The zero-order valence-corrected chi connectivity index (χ0v) is 13.7. The Morgan fingerprint density at radius 1 is 1.38 bits per heavy atom. The van der Waals surface area contributed by atoms with Crippen LogP contribution in [-0.2, 0) is 0 Å². The molecule has 1 aliphatic heterocycles. The summed E-state index contributed by atoms with van der Waals surface area (Å²) in [5.74, 6) is 0.113. The number of thiol groups is 1. The molecule has 1 aliphatic carbocycles. The highest BCUT2D eigenvalue weighted by Crippen LogP contribution is 2.37. The van der Waals surface area contributed by atoms with Crippen LogP contribution in [0.4, 0.5) is 5.69 Å². The standard InChI is InChI=1S/C17H20N2OS/c1-10-7-13(21)9-16(10)19(4)12-5-6-14-15(8-12)11(2)18(3)17(14)20/h5-8,11,21H,9H2,1-4H3. The second kappa shape index (κ2) is 4.95. The van der Waals surface area contributed by atoms with E-state index in [2.05, 4.69) is 50.6 Å². The van der Waals surface area contributed by atoms with Gasteiger partial charge < -0.3 is 9.80 Å². The van der Waals surface area contributed by atoms with Gasteiger partial charge in [0, 0.05) is 37.5 Å². The average molecular weight is 300 g/mol. The molecule has 0 saturated carbocycles. The molecule has 4 heteroatoms. The zero-order valence-electron chi connectivity index (χ0n) is 12.8. The molecule has 3 nitrogen and oxygen atoms in total. The van der Waals surface area contributed by atoms with Crippen LogP contribution in [0.2, 0.25) is 0 Å². The molecule has 21 heavy (non-hydrogen) atoms. The molecule has 0 N–H and O–H groups in total. The number of fused-ring (bicyclic) bond motifs is 1. The van der Waals surface area contributed by atoms with E-state index in [-0.39, 0.29) is 11.9 Å². The van der Waals surface area contributed by atoms with Gasteiger partial charge in [0.05, 0.1) is 6.04 Å². The van der Waals surface area contributed by atoms with Crippen LogP contribution in [-0.4, -0.2) is 24.9 Å². The van der Waals surface area contributed by atoms with Crippen molar-refractivity contribution in [2.45, 2.75) is 26.3 Å². The van der Waals surface area contributed by atoms with Crippen LogP contribution in [0.3, 0.4) is 0 Å². The van der Waals surface area contributed by atoms with E-state index >= 15 is 0 Å². The minimum atomic E-state index is 0.113. The molecule has 1 aromatic carbocycles.